The first-order chi connectivity index (χ1) is 6.50. The molecule has 0 aliphatic rings. The Kier molecular flexibility index (Phi) is 3.28. The van der Waals surface area contributed by atoms with Crippen LogP contribution >= 0.6 is 0 Å². The molecule has 0 saturated carbocycles. The van der Waals surface area contributed by atoms with E-state index in [2.05, 4.69) is 18.2 Å². The van der Waals surface area contributed by atoms with E-state index >= 15 is 0 Å². The average molecular weight is 191 g/mol. The Bertz CT molecular complexity index is 342. The number of nitrogens with zero attached hydrogens (tertiary/aromatic N) is 1. The number of hydrogen-bond acceptors (Lipinski definition) is 2. The Balaban J connectivity index is 3.09. The van der Waals surface area contributed by atoms with Gasteiger partial charge in [-0.3, -0.25) is 4.79 Å². The van der Waals surface area contributed by atoms with E-state index in [9.17, 15) is 4.79 Å². The molecule has 0 aromatic heterocycles. The molecule has 0 unspecified atom stereocenters. The molecule has 0 radical (unpaired) electrons. The van der Waals surface area contributed by atoms with Crippen LogP contribution in [0.25, 0.3) is 0 Å². The maximum Gasteiger partial charge on any atom is 0.134 e. The highest BCUT2D eigenvalue weighted by atomic mass is 16.1. The molecule has 0 N–H and O–H groups in total. The van der Waals surface area contributed by atoms with Crippen LogP contribution < -0.4 is 4.90 Å². The molecule has 2 nitrogen and oxygen atoms in total. The number of rotatable bonds is 3. The third-order valence-electron chi connectivity index (χ3n) is 2.16. The second kappa shape index (κ2) is 4.27. The predicted octanol–water partition coefficient (Wildman–Crippen LogP) is 2.19. The minimum atomic E-state index is 0.207. The minimum absolute atomic E-state index is 0.207. The summed E-state index contributed by atoms with van der Waals surface area (Å²) in [6, 6.07) is 6.21. The number of anilines is 1. The van der Waals surface area contributed by atoms with E-state index in [0.29, 0.717) is 6.42 Å². The molecule has 0 aliphatic carbocycles. The van der Waals surface area contributed by atoms with Crippen LogP contribution in [0.5, 0.6) is 0 Å². The Morgan fingerprint density at radius 3 is 2.50 bits per heavy atom. The fourth-order valence-electron chi connectivity index (χ4n) is 1.56. The van der Waals surface area contributed by atoms with Crippen molar-refractivity contribution >= 4 is 11.5 Å². The van der Waals surface area contributed by atoms with E-state index < -0.39 is 0 Å². The summed E-state index contributed by atoms with van der Waals surface area (Å²) in [6.45, 7) is 3.67. The Hall–Kier alpha value is -1.31. The lowest BCUT2D eigenvalue weighted by atomic mass is 10.0. The van der Waals surface area contributed by atoms with Crippen molar-refractivity contribution in [1.29, 1.82) is 0 Å². The first-order valence-corrected chi connectivity index (χ1v) is 4.77. The fourth-order valence-corrected chi connectivity index (χ4v) is 1.56. The van der Waals surface area contributed by atoms with Crippen LogP contribution in [0.15, 0.2) is 18.2 Å². The quantitative estimate of drug-likeness (QED) is 0.730. The lowest BCUT2D eigenvalue weighted by Gasteiger charge is -2.17. The van der Waals surface area contributed by atoms with Gasteiger partial charge in [-0.05, 0) is 25.5 Å². The van der Waals surface area contributed by atoms with Crippen molar-refractivity contribution in [1.82, 2.24) is 0 Å². The summed E-state index contributed by atoms with van der Waals surface area (Å²) in [5.74, 6) is 0.207. The molecule has 0 aliphatic heterocycles. The van der Waals surface area contributed by atoms with Crippen LogP contribution in [-0.2, 0) is 11.2 Å². The second-order valence-electron chi connectivity index (χ2n) is 3.91. The molecular weight excluding hydrogens is 174 g/mol. The average Bonchev–Trinajstić information content (AvgIpc) is 2.01. The zero-order valence-corrected chi connectivity index (χ0v) is 9.29. The fraction of sp³-hybridized carbons (Fsp3) is 0.417. The zero-order valence-electron chi connectivity index (χ0n) is 9.29. The van der Waals surface area contributed by atoms with Crippen LogP contribution in [-0.4, -0.2) is 19.9 Å². The zero-order chi connectivity index (χ0) is 10.7. The highest BCUT2D eigenvalue weighted by molar-refractivity contribution is 5.80. The van der Waals surface area contributed by atoms with Crippen molar-refractivity contribution in [3.8, 4) is 0 Å². The van der Waals surface area contributed by atoms with Gasteiger partial charge in [0.25, 0.3) is 0 Å². The van der Waals surface area contributed by atoms with Gasteiger partial charge in [-0.15, -0.1) is 0 Å². The molecule has 0 spiro atoms. The maximum absolute atomic E-state index is 11.1. The van der Waals surface area contributed by atoms with Gasteiger partial charge in [0.2, 0.25) is 0 Å². The van der Waals surface area contributed by atoms with Gasteiger partial charge < -0.3 is 4.90 Å². The number of hydrogen-bond donors (Lipinski definition) is 0. The maximum atomic E-state index is 11.1. The summed E-state index contributed by atoms with van der Waals surface area (Å²) in [5.41, 5.74) is 3.44. The Morgan fingerprint density at radius 2 is 2.00 bits per heavy atom. The molecule has 14 heavy (non-hydrogen) atoms. The van der Waals surface area contributed by atoms with Crippen molar-refractivity contribution in [2.24, 2.45) is 0 Å². The molecule has 0 atom stereocenters. The molecule has 0 bridgehead atoms. The van der Waals surface area contributed by atoms with Crippen LogP contribution in [0.2, 0.25) is 0 Å². The molecular formula is C12H17NO. The summed E-state index contributed by atoms with van der Waals surface area (Å²) in [6.07, 6.45) is 0.523. The number of benzene rings is 1. The van der Waals surface area contributed by atoms with E-state index in [4.69, 9.17) is 0 Å². The summed E-state index contributed by atoms with van der Waals surface area (Å²) in [7, 11) is 3.99. The van der Waals surface area contributed by atoms with E-state index in [1.807, 2.05) is 25.9 Å². The number of ketones is 1. The number of carbonyl (C=O) groups is 1. The first kappa shape index (κ1) is 10.8. The number of aryl methyl sites for hydroxylation is 1. The summed E-state index contributed by atoms with van der Waals surface area (Å²) in [5, 5.41) is 0. The molecule has 0 saturated heterocycles. The summed E-state index contributed by atoms with van der Waals surface area (Å²) in [4.78, 5) is 13.1. The van der Waals surface area contributed by atoms with Gasteiger partial charge in [0.15, 0.2) is 0 Å². The molecule has 76 valence electrons. The van der Waals surface area contributed by atoms with Gasteiger partial charge in [-0.1, -0.05) is 17.7 Å². The van der Waals surface area contributed by atoms with Crippen molar-refractivity contribution < 1.29 is 4.79 Å². The van der Waals surface area contributed by atoms with Crippen LogP contribution in [0.4, 0.5) is 5.69 Å². The van der Waals surface area contributed by atoms with Gasteiger partial charge in [-0.25, -0.2) is 0 Å². The normalized spacial score (nSPS) is 10.0. The Morgan fingerprint density at radius 1 is 1.36 bits per heavy atom. The smallest absolute Gasteiger partial charge is 0.134 e. The molecule has 0 amide bonds. The molecule has 1 rings (SSSR count). The summed E-state index contributed by atoms with van der Waals surface area (Å²) >= 11 is 0. The lowest BCUT2D eigenvalue weighted by molar-refractivity contribution is -0.116. The van der Waals surface area contributed by atoms with Gasteiger partial charge in [0.05, 0.1) is 0 Å². The van der Waals surface area contributed by atoms with E-state index in [1.165, 1.54) is 5.56 Å². The highest BCUT2D eigenvalue weighted by Gasteiger charge is 2.06. The lowest BCUT2D eigenvalue weighted by Crippen LogP contribution is -2.12. The van der Waals surface area contributed by atoms with Crippen LogP contribution in [0.1, 0.15) is 18.1 Å². The Labute approximate surface area is 85.5 Å². The minimum Gasteiger partial charge on any atom is -0.377 e. The largest absolute Gasteiger partial charge is 0.377 e. The van der Waals surface area contributed by atoms with Gasteiger partial charge in [-0.2, -0.15) is 0 Å². The highest BCUT2D eigenvalue weighted by Crippen LogP contribution is 2.20. The second-order valence-corrected chi connectivity index (χ2v) is 3.91. The molecule has 0 fully saturated rings. The van der Waals surface area contributed by atoms with E-state index in [0.717, 1.165) is 11.3 Å². The first-order valence-electron chi connectivity index (χ1n) is 4.77. The van der Waals surface area contributed by atoms with E-state index in [-0.39, 0.29) is 5.78 Å². The standard InChI is InChI=1S/C12H17NO/c1-9-5-6-12(13(3)4)11(7-9)8-10(2)14/h5-7H,8H2,1-4H3. The van der Waals surface area contributed by atoms with Crippen LogP contribution in [0, 0.1) is 6.92 Å². The topological polar surface area (TPSA) is 20.3 Å². The SMILES string of the molecule is CC(=O)Cc1cc(C)ccc1N(C)C. The third-order valence-corrected chi connectivity index (χ3v) is 2.16. The molecule has 1 aromatic carbocycles. The number of Topliss-reactive ketones (excluding diaryl/α,β-unsaturated/α-hetero) is 1. The molecule has 0 heterocycles. The number of carbonyl (C=O) groups excluding carboxylic acids is 1. The van der Waals surface area contributed by atoms with Crippen molar-refractivity contribution in [3.63, 3.8) is 0 Å². The van der Waals surface area contributed by atoms with E-state index in [1.54, 1.807) is 6.92 Å². The van der Waals surface area contributed by atoms with Crippen molar-refractivity contribution in [2.45, 2.75) is 20.3 Å². The van der Waals surface area contributed by atoms with Crippen molar-refractivity contribution in [2.75, 3.05) is 19.0 Å². The predicted molar refractivity (Wildman–Crippen MR) is 59.9 cm³/mol. The van der Waals surface area contributed by atoms with Gasteiger partial charge >= 0.3 is 0 Å². The van der Waals surface area contributed by atoms with Crippen molar-refractivity contribution in [3.05, 3.63) is 29.3 Å². The monoisotopic (exact) mass is 191 g/mol. The molecule has 1 aromatic rings. The van der Waals surface area contributed by atoms with Gasteiger partial charge in [0, 0.05) is 26.2 Å². The van der Waals surface area contributed by atoms with Gasteiger partial charge in [0.1, 0.15) is 5.78 Å². The summed E-state index contributed by atoms with van der Waals surface area (Å²) < 4.78 is 0. The third kappa shape index (κ3) is 2.59. The molecule has 2 heteroatoms. The van der Waals surface area contributed by atoms with Crippen LogP contribution in [0.3, 0.4) is 0 Å².